The predicted molar refractivity (Wildman–Crippen MR) is 50.8 cm³/mol. The smallest absolute Gasteiger partial charge is 0.390 e. The highest BCUT2D eigenvalue weighted by atomic mass is 18.2. The Hall–Kier alpha value is -1.58. The minimum atomic E-state index is -1.44. The number of aliphatic hydroxyl groups excluding tert-OH is 2. The van der Waals surface area contributed by atoms with Crippen LogP contribution in [-0.2, 0) is 4.74 Å². The predicted octanol–water partition coefficient (Wildman–Crippen LogP) is -0.620. The minimum absolute atomic E-state index is 0.541. The van der Waals surface area contributed by atoms with Gasteiger partial charge in [-0.15, -0.1) is 0 Å². The van der Waals surface area contributed by atoms with E-state index in [1.807, 2.05) is 0 Å². The molecule has 1 saturated heterocycles. The van der Waals surface area contributed by atoms with Crippen molar-refractivity contribution in [1.29, 1.82) is 0 Å². The lowest BCUT2D eigenvalue weighted by atomic mass is 10.1. The molecule has 2 heterocycles. The fourth-order valence-corrected chi connectivity index (χ4v) is 1.73. The highest BCUT2D eigenvalue weighted by Crippen LogP contribution is 2.31. The Kier molecular flexibility index (Phi) is 3.05. The van der Waals surface area contributed by atoms with Crippen molar-refractivity contribution in [2.24, 2.45) is 0 Å². The Morgan fingerprint density at radius 2 is 2.29 bits per heavy atom. The van der Waals surface area contributed by atoms with Gasteiger partial charge in [0.2, 0.25) is 6.23 Å². The maximum absolute atomic E-state index is 12.4. The van der Waals surface area contributed by atoms with Gasteiger partial charge < -0.3 is 25.1 Å². The number of halogens is 1. The van der Waals surface area contributed by atoms with Crippen molar-refractivity contribution in [3.05, 3.63) is 22.5 Å². The van der Waals surface area contributed by atoms with Crippen LogP contribution < -0.4 is 0 Å². The quantitative estimate of drug-likeness (QED) is 0.543. The molecule has 17 heavy (non-hydrogen) atoms. The lowest BCUT2D eigenvalue weighted by Crippen LogP contribution is -2.32. The van der Waals surface area contributed by atoms with Crippen molar-refractivity contribution in [1.82, 2.24) is 9.55 Å². The summed E-state index contributed by atoms with van der Waals surface area (Å²) >= 11 is 0. The van der Waals surface area contributed by atoms with Gasteiger partial charge in [-0.1, -0.05) is 4.98 Å². The molecule has 1 fully saturated rings. The molecule has 0 saturated carbocycles. The molecule has 0 aliphatic carbocycles. The molecule has 1 aliphatic rings. The van der Waals surface area contributed by atoms with Gasteiger partial charge in [0.25, 0.3) is 0 Å². The molecular formula is C8H10FN3O5. The number of nitro groups is 1. The van der Waals surface area contributed by atoms with Crippen molar-refractivity contribution in [2.45, 2.75) is 24.5 Å². The Morgan fingerprint density at radius 1 is 1.59 bits per heavy atom. The van der Waals surface area contributed by atoms with Crippen LogP contribution in [0.4, 0.5) is 10.3 Å². The van der Waals surface area contributed by atoms with Gasteiger partial charge in [0.05, 0.1) is 0 Å². The zero-order chi connectivity index (χ0) is 12.6. The molecule has 4 unspecified atom stereocenters. The van der Waals surface area contributed by atoms with Crippen molar-refractivity contribution < 1.29 is 24.3 Å². The van der Waals surface area contributed by atoms with E-state index in [2.05, 4.69) is 4.98 Å². The Labute approximate surface area is 94.4 Å². The van der Waals surface area contributed by atoms with E-state index in [-0.39, 0.29) is 0 Å². The average molecular weight is 246 g/mol. The van der Waals surface area contributed by atoms with E-state index >= 15 is 0 Å². The number of ether oxygens (including phenoxy) is 1. The largest absolute Gasteiger partial charge is 0.436 e. The zero-order valence-corrected chi connectivity index (χ0v) is 8.51. The van der Waals surface area contributed by atoms with Crippen molar-refractivity contribution in [3.63, 3.8) is 0 Å². The molecule has 0 radical (unpaired) electrons. The van der Waals surface area contributed by atoms with Gasteiger partial charge in [-0.05, 0) is 4.92 Å². The van der Waals surface area contributed by atoms with Gasteiger partial charge in [0, 0.05) is 0 Å². The summed E-state index contributed by atoms with van der Waals surface area (Å²) < 4.78 is 18.4. The van der Waals surface area contributed by atoms with Crippen LogP contribution in [-0.4, -0.2) is 49.7 Å². The summed E-state index contributed by atoms with van der Waals surface area (Å²) in [6.45, 7) is -0.989. The molecule has 2 N–H and O–H groups in total. The van der Waals surface area contributed by atoms with Crippen LogP contribution >= 0.6 is 0 Å². The summed E-state index contributed by atoms with van der Waals surface area (Å²) in [5, 5.41) is 29.7. The number of hydrogen-bond acceptors (Lipinski definition) is 6. The molecule has 1 aromatic heterocycles. The Bertz CT molecular complexity index is 425. The lowest BCUT2D eigenvalue weighted by Gasteiger charge is -2.13. The summed E-state index contributed by atoms with van der Waals surface area (Å²) in [5.41, 5.74) is 0. The standard InChI is InChI=1S/C8H10FN3O5/c9-3-4-5(13)6(14)7(17-4)11-2-1-10-8(11)12(15)16/h1-2,4-7,13-14H,3H2/i9-1. The van der Waals surface area contributed by atoms with E-state index < -0.39 is 42.1 Å². The lowest BCUT2D eigenvalue weighted by molar-refractivity contribution is -0.398. The summed E-state index contributed by atoms with van der Waals surface area (Å²) in [6, 6.07) is 0. The fourth-order valence-electron chi connectivity index (χ4n) is 1.73. The third kappa shape index (κ3) is 1.88. The van der Waals surface area contributed by atoms with Crippen molar-refractivity contribution in [3.8, 4) is 0 Å². The summed E-state index contributed by atoms with van der Waals surface area (Å²) in [4.78, 5) is 13.3. The van der Waals surface area contributed by atoms with Gasteiger partial charge in [0.1, 0.15) is 37.4 Å². The SMILES string of the molecule is O=[N+]([O-])c1nccn1C1OC(C[18F])C(O)C1O. The van der Waals surface area contributed by atoms with Gasteiger partial charge in [-0.2, -0.15) is 4.57 Å². The first-order valence-electron chi connectivity index (χ1n) is 4.81. The molecule has 94 valence electrons. The molecule has 0 spiro atoms. The average Bonchev–Trinajstić information content (AvgIpc) is 2.86. The van der Waals surface area contributed by atoms with Crippen LogP contribution in [0.25, 0.3) is 0 Å². The highest BCUT2D eigenvalue weighted by Gasteiger charge is 2.46. The summed E-state index contributed by atoms with van der Waals surface area (Å²) in [6.07, 6.45) is -2.90. The molecular weight excluding hydrogens is 236 g/mol. The number of aromatic nitrogens is 2. The molecule has 1 aliphatic heterocycles. The molecule has 0 bridgehead atoms. The van der Waals surface area contributed by atoms with Crippen LogP contribution in [0.5, 0.6) is 0 Å². The third-order valence-electron chi connectivity index (χ3n) is 2.57. The first-order valence-corrected chi connectivity index (χ1v) is 4.81. The van der Waals surface area contributed by atoms with E-state index in [1.165, 1.54) is 6.20 Å². The van der Waals surface area contributed by atoms with E-state index in [0.29, 0.717) is 0 Å². The summed E-state index contributed by atoms with van der Waals surface area (Å²) in [7, 11) is 0. The second-order valence-electron chi connectivity index (χ2n) is 3.59. The normalized spacial score (nSPS) is 32.9. The number of aliphatic hydroxyl groups is 2. The molecule has 0 amide bonds. The molecule has 9 heteroatoms. The van der Waals surface area contributed by atoms with E-state index in [9.17, 15) is 24.7 Å². The second-order valence-corrected chi connectivity index (χ2v) is 3.59. The van der Waals surface area contributed by atoms with Crippen LogP contribution in [0, 0.1) is 10.1 Å². The van der Waals surface area contributed by atoms with E-state index in [0.717, 1.165) is 10.8 Å². The number of hydrogen-bond donors (Lipinski definition) is 2. The molecule has 8 nitrogen and oxygen atoms in total. The number of alkyl halides is 1. The minimum Gasteiger partial charge on any atom is -0.390 e. The van der Waals surface area contributed by atoms with Gasteiger partial charge in [-0.25, -0.2) is 4.39 Å². The number of nitrogens with zero attached hydrogens (tertiary/aromatic N) is 3. The highest BCUT2D eigenvalue weighted by molar-refractivity contribution is 5.09. The molecule has 4 atom stereocenters. The Morgan fingerprint density at radius 3 is 2.82 bits per heavy atom. The topological polar surface area (TPSA) is 111 Å². The first kappa shape index (κ1) is 11.9. The van der Waals surface area contributed by atoms with E-state index in [1.54, 1.807) is 0 Å². The van der Waals surface area contributed by atoms with Crippen molar-refractivity contribution >= 4 is 5.95 Å². The molecule has 1 aromatic rings. The first-order chi connectivity index (χ1) is 8.06. The van der Waals surface area contributed by atoms with Gasteiger partial charge in [-0.3, -0.25) is 0 Å². The van der Waals surface area contributed by atoms with Crippen molar-refractivity contribution in [2.75, 3.05) is 6.67 Å². The monoisotopic (exact) mass is 246 g/mol. The maximum atomic E-state index is 12.4. The van der Waals surface area contributed by atoms with Gasteiger partial charge in [0.15, 0.2) is 0 Å². The van der Waals surface area contributed by atoms with E-state index in [4.69, 9.17) is 4.74 Å². The van der Waals surface area contributed by atoms with Crippen LogP contribution in [0.1, 0.15) is 6.23 Å². The fraction of sp³-hybridized carbons (Fsp3) is 0.625. The molecule has 2 rings (SSSR count). The Balaban J connectivity index is 2.29. The second kappa shape index (κ2) is 4.35. The summed E-state index contributed by atoms with van der Waals surface area (Å²) in [5.74, 6) is -0.541. The van der Waals surface area contributed by atoms with Crippen LogP contribution in [0.3, 0.4) is 0 Å². The number of rotatable bonds is 3. The zero-order valence-electron chi connectivity index (χ0n) is 8.51. The molecule has 0 aromatic carbocycles. The third-order valence-corrected chi connectivity index (χ3v) is 2.57. The number of imidazole rings is 1. The van der Waals surface area contributed by atoms with Crippen LogP contribution in [0.2, 0.25) is 0 Å². The maximum Gasteiger partial charge on any atom is 0.436 e. The van der Waals surface area contributed by atoms with Gasteiger partial charge >= 0.3 is 5.95 Å². The van der Waals surface area contributed by atoms with Crippen LogP contribution in [0.15, 0.2) is 12.4 Å².